The number of carbonyl (C=O) groups is 2. The number of benzene rings is 1. The molecular weight excluding hydrogens is 306 g/mol. The summed E-state index contributed by atoms with van der Waals surface area (Å²) in [7, 11) is 0. The molecule has 4 nitrogen and oxygen atoms in total. The molecule has 0 bridgehead atoms. The van der Waals surface area contributed by atoms with Crippen molar-refractivity contribution in [2.24, 2.45) is 0 Å². The zero-order valence-corrected chi connectivity index (χ0v) is 12.3. The van der Waals surface area contributed by atoms with Gasteiger partial charge in [0.2, 0.25) is 5.91 Å². The second-order valence-corrected chi connectivity index (χ2v) is 5.36. The largest absolute Gasteiger partial charge is 0.339 e. The molecule has 0 radical (unpaired) electrons. The van der Waals surface area contributed by atoms with Crippen molar-refractivity contribution in [1.29, 1.82) is 0 Å². The van der Waals surface area contributed by atoms with Crippen LogP contribution in [0.2, 0.25) is 10.0 Å². The zero-order valence-electron chi connectivity index (χ0n) is 10.8. The molecule has 0 atom stereocenters. The van der Waals surface area contributed by atoms with Crippen LogP contribution in [0, 0.1) is 5.82 Å². The molecule has 0 aromatic heterocycles. The first kappa shape index (κ1) is 15.1. The maximum Gasteiger partial charge on any atom is 0.255 e. The topological polar surface area (TPSA) is 40.6 Å². The van der Waals surface area contributed by atoms with Gasteiger partial charge in [-0.05, 0) is 12.1 Å². The highest BCUT2D eigenvalue weighted by atomic mass is 35.5. The molecule has 0 aliphatic carbocycles. The minimum absolute atomic E-state index is 0.0207. The molecule has 1 heterocycles. The molecule has 1 aromatic rings. The summed E-state index contributed by atoms with van der Waals surface area (Å²) < 4.78 is 13.4. The molecule has 20 heavy (non-hydrogen) atoms. The van der Waals surface area contributed by atoms with E-state index < -0.39 is 5.82 Å². The summed E-state index contributed by atoms with van der Waals surface area (Å²) in [6, 6.07) is 2.27. The lowest BCUT2D eigenvalue weighted by molar-refractivity contribution is -0.130. The maximum atomic E-state index is 13.4. The van der Waals surface area contributed by atoms with Gasteiger partial charge < -0.3 is 9.80 Å². The molecule has 108 valence electrons. The van der Waals surface area contributed by atoms with E-state index in [9.17, 15) is 14.0 Å². The van der Waals surface area contributed by atoms with E-state index in [2.05, 4.69) is 0 Å². The van der Waals surface area contributed by atoms with E-state index in [1.54, 1.807) is 9.80 Å². The van der Waals surface area contributed by atoms with Crippen LogP contribution in [0.3, 0.4) is 0 Å². The minimum Gasteiger partial charge on any atom is -0.339 e. The van der Waals surface area contributed by atoms with Crippen LogP contribution in [-0.2, 0) is 4.79 Å². The average Bonchev–Trinajstić information content (AvgIpc) is 2.42. The first-order valence-electron chi connectivity index (χ1n) is 6.09. The summed E-state index contributed by atoms with van der Waals surface area (Å²) >= 11 is 11.5. The highest BCUT2D eigenvalue weighted by Gasteiger charge is 2.25. The first-order valence-corrected chi connectivity index (χ1v) is 6.85. The van der Waals surface area contributed by atoms with E-state index in [1.165, 1.54) is 13.0 Å². The second kappa shape index (κ2) is 5.97. The first-order chi connectivity index (χ1) is 9.40. The van der Waals surface area contributed by atoms with Gasteiger partial charge in [0.1, 0.15) is 5.82 Å². The summed E-state index contributed by atoms with van der Waals surface area (Å²) in [5.41, 5.74) is 0.0878. The standard InChI is InChI=1S/C13H13Cl2FN2O2/c1-8(19)17-2-4-18(5-3-17)13(20)9-6-12(16)11(15)7-10(9)14/h6-7H,2-5H2,1H3. The monoisotopic (exact) mass is 318 g/mol. The summed E-state index contributed by atoms with van der Waals surface area (Å²) in [6.07, 6.45) is 0. The van der Waals surface area contributed by atoms with E-state index in [1.807, 2.05) is 0 Å². The third-order valence-corrected chi connectivity index (χ3v) is 3.85. The van der Waals surface area contributed by atoms with Crippen LogP contribution >= 0.6 is 23.2 Å². The Morgan fingerprint density at radius 2 is 1.60 bits per heavy atom. The van der Waals surface area contributed by atoms with E-state index in [0.717, 1.165) is 6.07 Å². The number of halogens is 3. The Bertz CT molecular complexity index is 558. The third-order valence-electron chi connectivity index (χ3n) is 3.25. The lowest BCUT2D eigenvalue weighted by Crippen LogP contribution is -2.50. The minimum atomic E-state index is -0.679. The Morgan fingerprint density at radius 3 is 2.15 bits per heavy atom. The second-order valence-electron chi connectivity index (χ2n) is 4.54. The number of amides is 2. The maximum absolute atomic E-state index is 13.4. The fraction of sp³-hybridized carbons (Fsp3) is 0.385. The predicted octanol–water partition coefficient (Wildman–Crippen LogP) is 2.44. The fourth-order valence-corrected chi connectivity index (χ4v) is 2.55. The Kier molecular flexibility index (Phi) is 4.50. The van der Waals surface area contributed by atoms with Crippen molar-refractivity contribution in [2.75, 3.05) is 26.2 Å². The van der Waals surface area contributed by atoms with Crippen molar-refractivity contribution in [3.63, 3.8) is 0 Å². The van der Waals surface area contributed by atoms with Gasteiger partial charge in [-0.25, -0.2) is 4.39 Å². The van der Waals surface area contributed by atoms with E-state index in [0.29, 0.717) is 26.2 Å². The number of nitrogens with zero attached hydrogens (tertiary/aromatic N) is 2. The highest BCUT2D eigenvalue weighted by molar-refractivity contribution is 6.36. The van der Waals surface area contributed by atoms with Crippen LogP contribution in [0.5, 0.6) is 0 Å². The average molecular weight is 319 g/mol. The van der Waals surface area contributed by atoms with Crippen molar-refractivity contribution < 1.29 is 14.0 Å². The molecule has 0 spiro atoms. The molecule has 1 saturated heterocycles. The zero-order chi connectivity index (χ0) is 14.9. The van der Waals surface area contributed by atoms with Crippen LogP contribution in [0.1, 0.15) is 17.3 Å². The van der Waals surface area contributed by atoms with Gasteiger partial charge in [-0.1, -0.05) is 23.2 Å². The van der Waals surface area contributed by atoms with Gasteiger partial charge in [0.25, 0.3) is 5.91 Å². The number of hydrogen-bond donors (Lipinski definition) is 0. The molecule has 0 unspecified atom stereocenters. The smallest absolute Gasteiger partial charge is 0.255 e. The quantitative estimate of drug-likeness (QED) is 0.746. The summed E-state index contributed by atoms with van der Waals surface area (Å²) in [5.74, 6) is -1.05. The van der Waals surface area contributed by atoms with Crippen molar-refractivity contribution >= 4 is 35.0 Å². The highest BCUT2D eigenvalue weighted by Crippen LogP contribution is 2.25. The fourth-order valence-electron chi connectivity index (χ4n) is 2.08. The van der Waals surface area contributed by atoms with Crippen LogP contribution in [-0.4, -0.2) is 47.8 Å². The normalized spacial score (nSPS) is 15.4. The molecule has 1 aromatic carbocycles. The van der Waals surface area contributed by atoms with E-state index >= 15 is 0 Å². The lowest BCUT2D eigenvalue weighted by Gasteiger charge is -2.34. The Hall–Kier alpha value is -1.33. The molecular formula is C13H13Cl2FN2O2. The number of carbonyl (C=O) groups excluding carboxylic acids is 2. The molecule has 1 fully saturated rings. The van der Waals surface area contributed by atoms with Gasteiger partial charge in [-0.3, -0.25) is 9.59 Å². The van der Waals surface area contributed by atoms with Gasteiger partial charge in [0, 0.05) is 33.1 Å². The molecule has 2 amide bonds. The molecule has 1 aliphatic heterocycles. The molecule has 7 heteroatoms. The van der Waals surface area contributed by atoms with Crippen molar-refractivity contribution in [3.05, 3.63) is 33.6 Å². The van der Waals surface area contributed by atoms with Gasteiger partial charge in [0.05, 0.1) is 15.6 Å². The van der Waals surface area contributed by atoms with E-state index in [-0.39, 0.29) is 27.4 Å². The summed E-state index contributed by atoms with van der Waals surface area (Å²) in [5, 5.41) is 0.00310. The van der Waals surface area contributed by atoms with Crippen molar-refractivity contribution in [3.8, 4) is 0 Å². The lowest BCUT2D eigenvalue weighted by atomic mass is 10.1. The van der Waals surface area contributed by atoms with Crippen LogP contribution in [0.25, 0.3) is 0 Å². The van der Waals surface area contributed by atoms with Crippen LogP contribution in [0.4, 0.5) is 4.39 Å². The van der Waals surface area contributed by atoms with Crippen LogP contribution < -0.4 is 0 Å². The number of hydrogen-bond acceptors (Lipinski definition) is 2. The van der Waals surface area contributed by atoms with Gasteiger partial charge in [0.15, 0.2) is 0 Å². The Balaban J connectivity index is 2.13. The van der Waals surface area contributed by atoms with Crippen molar-refractivity contribution in [2.45, 2.75) is 6.92 Å². The molecule has 0 N–H and O–H groups in total. The number of rotatable bonds is 1. The summed E-state index contributed by atoms with van der Waals surface area (Å²) in [4.78, 5) is 26.7. The van der Waals surface area contributed by atoms with Crippen molar-refractivity contribution in [1.82, 2.24) is 9.80 Å². The number of piperazine rings is 1. The SMILES string of the molecule is CC(=O)N1CCN(C(=O)c2cc(F)c(Cl)cc2Cl)CC1. The Morgan fingerprint density at radius 1 is 1.05 bits per heavy atom. The van der Waals surface area contributed by atoms with Gasteiger partial charge >= 0.3 is 0 Å². The molecule has 1 aliphatic rings. The van der Waals surface area contributed by atoms with Gasteiger partial charge in [-0.2, -0.15) is 0 Å². The third kappa shape index (κ3) is 3.04. The van der Waals surface area contributed by atoms with E-state index in [4.69, 9.17) is 23.2 Å². The molecule has 0 saturated carbocycles. The predicted molar refractivity (Wildman–Crippen MR) is 74.6 cm³/mol. The molecule has 2 rings (SSSR count). The van der Waals surface area contributed by atoms with Gasteiger partial charge in [-0.15, -0.1) is 0 Å². The summed E-state index contributed by atoms with van der Waals surface area (Å²) in [6.45, 7) is 3.23. The van der Waals surface area contributed by atoms with Crippen LogP contribution in [0.15, 0.2) is 12.1 Å². The Labute approximate surface area is 126 Å².